The average molecular weight is 571 g/mol. The Morgan fingerprint density at radius 3 is 2.35 bits per heavy atom. The smallest absolute Gasteiger partial charge is 0.294 e. The summed E-state index contributed by atoms with van der Waals surface area (Å²) in [7, 11) is 0. The van der Waals surface area contributed by atoms with Gasteiger partial charge in [0.05, 0.1) is 11.4 Å². The van der Waals surface area contributed by atoms with Crippen LogP contribution in [0.1, 0.15) is 11.1 Å². The van der Waals surface area contributed by atoms with Crippen LogP contribution in [0, 0.1) is 0 Å². The number of aromatic nitrogens is 1. The summed E-state index contributed by atoms with van der Waals surface area (Å²) in [5.41, 5.74) is 2.98. The van der Waals surface area contributed by atoms with Crippen LogP contribution in [-0.4, -0.2) is 33.1 Å². The first-order valence-electron chi connectivity index (χ1n) is 11.1. The predicted molar refractivity (Wildman–Crippen MR) is 150 cm³/mol. The Kier molecular flexibility index (Phi) is 7.31. The third-order valence-corrected chi connectivity index (χ3v) is 7.67. The van der Waals surface area contributed by atoms with Crippen LogP contribution in [0.2, 0.25) is 15.1 Å². The molecule has 0 aliphatic carbocycles. The molecule has 0 spiro atoms. The molecule has 37 heavy (non-hydrogen) atoms. The van der Waals surface area contributed by atoms with E-state index in [1.807, 2.05) is 35.0 Å². The number of hydrogen-bond acceptors (Lipinski definition) is 4. The van der Waals surface area contributed by atoms with Crippen molar-refractivity contribution in [2.45, 2.75) is 6.54 Å². The molecule has 6 nitrogen and oxygen atoms in total. The molecule has 0 bridgehead atoms. The maximum Gasteiger partial charge on any atom is 0.294 e. The molecule has 186 valence electrons. The van der Waals surface area contributed by atoms with Gasteiger partial charge in [0.25, 0.3) is 11.1 Å². The van der Waals surface area contributed by atoms with E-state index in [1.165, 1.54) is 0 Å². The van der Waals surface area contributed by atoms with Crippen molar-refractivity contribution in [2.24, 2.45) is 0 Å². The second-order valence-corrected chi connectivity index (χ2v) is 10.5. The Labute approximate surface area is 231 Å². The van der Waals surface area contributed by atoms with E-state index in [4.69, 9.17) is 34.8 Å². The van der Waals surface area contributed by atoms with Crippen molar-refractivity contribution in [1.82, 2.24) is 9.47 Å². The van der Waals surface area contributed by atoms with Gasteiger partial charge in [-0.1, -0.05) is 59.1 Å². The zero-order chi connectivity index (χ0) is 26.1. The summed E-state index contributed by atoms with van der Waals surface area (Å²) < 4.78 is 2.00. The molecule has 1 fully saturated rings. The highest BCUT2D eigenvalue weighted by atomic mass is 35.5. The summed E-state index contributed by atoms with van der Waals surface area (Å²) in [4.78, 5) is 39.3. The van der Waals surface area contributed by atoms with Crippen LogP contribution in [0.4, 0.5) is 10.5 Å². The lowest BCUT2D eigenvalue weighted by atomic mass is 10.1. The van der Waals surface area contributed by atoms with Crippen molar-refractivity contribution < 1.29 is 14.4 Å². The van der Waals surface area contributed by atoms with Crippen molar-refractivity contribution in [2.75, 3.05) is 11.9 Å². The molecular formula is C27H18Cl3N3O3S. The number of rotatable bonds is 6. The van der Waals surface area contributed by atoms with Crippen LogP contribution in [0.3, 0.4) is 0 Å². The molecule has 0 atom stereocenters. The van der Waals surface area contributed by atoms with Gasteiger partial charge in [-0.25, -0.2) is 0 Å². The van der Waals surface area contributed by atoms with Gasteiger partial charge in [0, 0.05) is 49.0 Å². The number of hydrogen-bond donors (Lipinski definition) is 1. The molecule has 1 aliphatic rings. The van der Waals surface area contributed by atoms with Crippen molar-refractivity contribution in [1.29, 1.82) is 0 Å². The number of nitrogens with zero attached hydrogens (tertiary/aromatic N) is 2. The number of imide groups is 1. The van der Waals surface area contributed by atoms with Gasteiger partial charge >= 0.3 is 0 Å². The minimum atomic E-state index is -0.521. The minimum Gasteiger partial charge on any atom is -0.342 e. The Morgan fingerprint density at radius 2 is 1.62 bits per heavy atom. The second-order valence-electron chi connectivity index (χ2n) is 8.25. The van der Waals surface area contributed by atoms with Crippen molar-refractivity contribution in [3.63, 3.8) is 0 Å². The van der Waals surface area contributed by atoms with E-state index in [2.05, 4.69) is 5.32 Å². The van der Waals surface area contributed by atoms with Gasteiger partial charge in [-0.15, -0.1) is 0 Å². The number of carbonyl (C=O) groups excluding carboxylic acids is 3. The summed E-state index contributed by atoms with van der Waals surface area (Å²) in [6, 6.07) is 19.6. The number of nitrogens with one attached hydrogen (secondary N) is 1. The van der Waals surface area contributed by atoms with Gasteiger partial charge < -0.3 is 9.88 Å². The van der Waals surface area contributed by atoms with E-state index in [9.17, 15) is 14.4 Å². The number of fused-ring (bicyclic) bond motifs is 1. The van der Waals surface area contributed by atoms with Crippen LogP contribution < -0.4 is 5.32 Å². The highest BCUT2D eigenvalue weighted by Gasteiger charge is 2.36. The highest BCUT2D eigenvalue weighted by molar-refractivity contribution is 8.18. The van der Waals surface area contributed by atoms with E-state index < -0.39 is 23.6 Å². The van der Waals surface area contributed by atoms with Crippen molar-refractivity contribution in [3.05, 3.63) is 104 Å². The van der Waals surface area contributed by atoms with E-state index in [0.717, 1.165) is 38.7 Å². The molecule has 0 saturated carbocycles. The molecule has 1 aromatic heterocycles. The zero-order valence-electron chi connectivity index (χ0n) is 19.1. The lowest BCUT2D eigenvalue weighted by molar-refractivity contribution is -0.127. The summed E-state index contributed by atoms with van der Waals surface area (Å²) >= 11 is 19.4. The van der Waals surface area contributed by atoms with E-state index in [1.54, 1.807) is 48.5 Å². The lowest BCUT2D eigenvalue weighted by Gasteiger charge is -2.12. The van der Waals surface area contributed by atoms with Crippen molar-refractivity contribution in [3.8, 4) is 0 Å². The third-order valence-electron chi connectivity index (χ3n) is 5.80. The first-order valence-corrected chi connectivity index (χ1v) is 13.1. The van der Waals surface area contributed by atoms with Crippen LogP contribution in [0.5, 0.6) is 0 Å². The molecule has 5 rings (SSSR count). The second kappa shape index (κ2) is 10.6. The molecular weight excluding hydrogens is 553 g/mol. The van der Waals surface area contributed by atoms with E-state index >= 15 is 0 Å². The molecule has 1 aliphatic heterocycles. The number of anilines is 1. The van der Waals surface area contributed by atoms with Gasteiger partial charge in [-0.05, 0) is 60.3 Å². The first-order chi connectivity index (χ1) is 17.8. The first kappa shape index (κ1) is 25.4. The standard InChI is InChI=1S/C27H18Cl3N3O3S/c28-17-8-10-18(11-9-17)31-25(34)15-33-26(35)24(37-27(33)36)12-16-13-32(23-7-2-1-4-19(16)23)14-20-21(29)5-3-6-22(20)30/h1-13H,14-15H2,(H,31,34)/b24-12-. The van der Waals surface area contributed by atoms with E-state index in [-0.39, 0.29) is 4.91 Å². The monoisotopic (exact) mass is 569 g/mol. The fourth-order valence-corrected chi connectivity index (χ4v) is 5.50. The van der Waals surface area contributed by atoms with Crippen LogP contribution in [0.15, 0.2) is 77.8 Å². The van der Waals surface area contributed by atoms with Gasteiger partial charge in [0.1, 0.15) is 6.54 Å². The van der Waals surface area contributed by atoms with Crippen molar-refractivity contribution >= 4 is 86.3 Å². The maximum absolute atomic E-state index is 13.1. The number of halogens is 3. The maximum atomic E-state index is 13.1. The quantitative estimate of drug-likeness (QED) is 0.247. The molecule has 1 N–H and O–H groups in total. The SMILES string of the molecule is O=C(CN1C(=O)S/C(=C\c2cn(Cc3c(Cl)cccc3Cl)c3ccccc23)C1=O)Nc1ccc(Cl)cc1. The fourth-order valence-electron chi connectivity index (χ4n) is 4.03. The van der Waals surface area contributed by atoms with Gasteiger partial charge in [-0.2, -0.15) is 0 Å². The summed E-state index contributed by atoms with van der Waals surface area (Å²) in [6.45, 7) is 0.0383. The molecule has 3 amide bonds. The van der Waals surface area contributed by atoms with Crippen LogP contribution in [0.25, 0.3) is 17.0 Å². The summed E-state index contributed by atoms with van der Waals surface area (Å²) in [5, 5.41) is 4.71. The molecule has 2 heterocycles. The Hall–Kier alpha value is -3.23. The predicted octanol–water partition coefficient (Wildman–Crippen LogP) is 7.32. The average Bonchev–Trinajstić information content (AvgIpc) is 3.35. The Morgan fingerprint density at radius 1 is 0.919 bits per heavy atom. The number of carbonyl (C=O) groups is 3. The van der Waals surface area contributed by atoms with Crippen LogP contribution >= 0.6 is 46.6 Å². The number of para-hydroxylation sites is 1. The molecule has 3 aromatic carbocycles. The van der Waals surface area contributed by atoms with Gasteiger partial charge in [0.15, 0.2) is 0 Å². The number of thioether (sulfide) groups is 1. The summed E-state index contributed by atoms with van der Waals surface area (Å²) in [6.07, 6.45) is 3.57. The fraction of sp³-hybridized carbons (Fsp3) is 0.0741. The Balaban J connectivity index is 1.39. The molecule has 0 radical (unpaired) electrons. The van der Waals surface area contributed by atoms with E-state index in [0.29, 0.717) is 27.3 Å². The molecule has 10 heteroatoms. The summed E-state index contributed by atoms with van der Waals surface area (Å²) in [5.74, 6) is -1.01. The zero-order valence-corrected chi connectivity index (χ0v) is 22.2. The topological polar surface area (TPSA) is 71.4 Å². The van der Waals surface area contributed by atoms with Gasteiger partial charge in [0.2, 0.25) is 5.91 Å². The molecule has 4 aromatic rings. The number of benzene rings is 3. The normalized spacial score (nSPS) is 14.7. The Bertz CT molecular complexity index is 1560. The highest BCUT2D eigenvalue weighted by Crippen LogP contribution is 2.35. The number of amides is 3. The molecule has 1 saturated heterocycles. The van der Waals surface area contributed by atoms with Crippen LogP contribution in [-0.2, 0) is 16.1 Å². The third kappa shape index (κ3) is 5.40. The molecule has 0 unspecified atom stereocenters. The largest absolute Gasteiger partial charge is 0.342 e. The van der Waals surface area contributed by atoms with Gasteiger partial charge in [-0.3, -0.25) is 19.3 Å². The minimum absolute atomic E-state index is 0.239. The lowest BCUT2D eigenvalue weighted by Crippen LogP contribution is -2.36.